The first-order valence-electron chi connectivity index (χ1n) is 17.4. The molecule has 4 aromatic carbocycles. The van der Waals surface area contributed by atoms with E-state index in [1.807, 2.05) is 84.9 Å². The molecule has 270 valence electrons. The van der Waals surface area contributed by atoms with Gasteiger partial charge >= 0.3 is 0 Å². The third-order valence-electron chi connectivity index (χ3n) is 8.89. The standard InChI is InChI=1S/C20H21N5O3.C19H19N5O/c1-27-17-4-2-3-16(11-17)25-22-12-18(24-25)20(26)23-15-7-5-14(6-8-15)19-13-21-9-10-28-19;25-19(18-13-21-24(23-18)17-4-2-1-3-5-17)22-16-8-6-14(7-9-16)15-10-11-20-12-15/h2-8,11-12,19,21H,9-10,13H2,1H3,(H,23,26);1-9,13,15,20H,10-12H2,(H,22,25)/t19-;/m1./s1. The van der Waals surface area contributed by atoms with Crippen molar-refractivity contribution in [1.29, 1.82) is 0 Å². The molecule has 8 rings (SSSR count). The van der Waals surface area contributed by atoms with Crippen molar-refractivity contribution >= 4 is 23.2 Å². The molecule has 4 heterocycles. The first-order valence-corrected chi connectivity index (χ1v) is 17.4. The van der Waals surface area contributed by atoms with Crippen LogP contribution in [-0.4, -0.2) is 81.7 Å². The van der Waals surface area contributed by atoms with Crippen molar-refractivity contribution in [3.8, 4) is 17.1 Å². The fourth-order valence-electron chi connectivity index (χ4n) is 6.01. The number of benzene rings is 4. The van der Waals surface area contributed by atoms with Gasteiger partial charge in [-0.15, -0.1) is 10.2 Å². The number of rotatable bonds is 9. The number of aromatic nitrogens is 6. The second-order valence-electron chi connectivity index (χ2n) is 12.5. The molecule has 4 N–H and O–H groups in total. The first-order chi connectivity index (χ1) is 26.0. The summed E-state index contributed by atoms with van der Waals surface area (Å²) >= 11 is 0. The normalized spacial score (nSPS) is 16.6. The third-order valence-corrected chi connectivity index (χ3v) is 8.89. The zero-order valence-corrected chi connectivity index (χ0v) is 29.2. The Balaban J connectivity index is 0.000000165. The Morgan fingerprint density at radius 3 is 1.91 bits per heavy atom. The van der Waals surface area contributed by atoms with E-state index in [2.05, 4.69) is 53.8 Å². The van der Waals surface area contributed by atoms with Crippen LogP contribution < -0.4 is 26.0 Å². The van der Waals surface area contributed by atoms with E-state index in [0.29, 0.717) is 29.6 Å². The summed E-state index contributed by atoms with van der Waals surface area (Å²) in [4.78, 5) is 27.7. The van der Waals surface area contributed by atoms with Crippen molar-refractivity contribution in [2.24, 2.45) is 0 Å². The number of morpholine rings is 1. The van der Waals surface area contributed by atoms with Crippen LogP contribution in [0.4, 0.5) is 11.4 Å². The molecule has 1 unspecified atom stereocenters. The number of para-hydroxylation sites is 1. The van der Waals surface area contributed by atoms with Gasteiger partial charge in [-0.25, -0.2) is 0 Å². The lowest BCUT2D eigenvalue weighted by Gasteiger charge is -2.24. The van der Waals surface area contributed by atoms with Crippen LogP contribution in [0.3, 0.4) is 0 Å². The molecule has 2 aliphatic rings. The van der Waals surface area contributed by atoms with Crippen LogP contribution in [0.25, 0.3) is 11.4 Å². The summed E-state index contributed by atoms with van der Waals surface area (Å²) in [6.07, 6.45) is 4.11. The van der Waals surface area contributed by atoms with Crippen LogP contribution in [0.1, 0.15) is 50.5 Å². The maximum atomic E-state index is 12.5. The summed E-state index contributed by atoms with van der Waals surface area (Å²) in [5.41, 5.74) is 5.87. The molecule has 2 aromatic heterocycles. The summed E-state index contributed by atoms with van der Waals surface area (Å²) in [7, 11) is 1.59. The van der Waals surface area contributed by atoms with Crippen molar-refractivity contribution in [3.63, 3.8) is 0 Å². The van der Waals surface area contributed by atoms with Crippen LogP contribution in [0.15, 0.2) is 116 Å². The minimum Gasteiger partial charge on any atom is -0.497 e. The molecular weight excluding hydrogens is 672 g/mol. The number of nitrogens with zero attached hydrogens (tertiary/aromatic N) is 6. The maximum absolute atomic E-state index is 12.5. The smallest absolute Gasteiger partial charge is 0.277 e. The minimum atomic E-state index is -0.322. The van der Waals surface area contributed by atoms with Crippen molar-refractivity contribution in [1.82, 2.24) is 40.6 Å². The number of anilines is 2. The predicted molar refractivity (Wildman–Crippen MR) is 200 cm³/mol. The van der Waals surface area contributed by atoms with Gasteiger partial charge in [-0.3, -0.25) is 9.59 Å². The van der Waals surface area contributed by atoms with Crippen molar-refractivity contribution in [3.05, 3.63) is 138 Å². The number of ether oxygens (including phenoxy) is 2. The van der Waals surface area contributed by atoms with E-state index in [-0.39, 0.29) is 29.3 Å². The fraction of sp³-hybridized carbons (Fsp3) is 0.231. The molecule has 0 radical (unpaired) electrons. The average molecular weight is 713 g/mol. The van der Waals surface area contributed by atoms with E-state index in [9.17, 15) is 9.59 Å². The van der Waals surface area contributed by atoms with Gasteiger partial charge in [0.25, 0.3) is 11.8 Å². The Bertz CT molecular complexity index is 2100. The largest absolute Gasteiger partial charge is 0.497 e. The molecular formula is C39H40N10O4. The highest BCUT2D eigenvalue weighted by atomic mass is 16.5. The number of methoxy groups -OCH3 is 1. The Labute approximate surface area is 306 Å². The van der Waals surface area contributed by atoms with Gasteiger partial charge in [0.15, 0.2) is 11.4 Å². The highest BCUT2D eigenvalue weighted by molar-refractivity contribution is 6.03. The average Bonchev–Trinajstić information content (AvgIpc) is 4.03. The summed E-state index contributed by atoms with van der Waals surface area (Å²) in [6.45, 7) is 4.46. The highest BCUT2D eigenvalue weighted by Crippen LogP contribution is 2.24. The summed E-state index contributed by atoms with van der Waals surface area (Å²) in [5.74, 6) is 0.670. The van der Waals surface area contributed by atoms with Crippen molar-refractivity contribution in [2.75, 3.05) is 50.5 Å². The van der Waals surface area contributed by atoms with Gasteiger partial charge in [0.2, 0.25) is 0 Å². The number of hydrogen-bond donors (Lipinski definition) is 4. The topological polar surface area (TPSA) is 162 Å². The van der Waals surface area contributed by atoms with Crippen molar-refractivity contribution < 1.29 is 19.1 Å². The number of nitrogens with one attached hydrogen (secondary N) is 4. The third kappa shape index (κ3) is 8.99. The molecule has 2 saturated heterocycles. The number of carbonyl (C=O) groups is 2. The van der Waals surface area contributed by atoms with Crippen LogP contribution in [0.2, 0.25) is 0 Å². The number of hydrogen-bond acceptors (Lipinski definition) is 10. The molecule has 0 spiro atoms. The Hall–Kier alpha value is -6.22. The molecule has 14 heteroatoms. The van der Waals surface area contributed by atoms with E-state index in [0.717, 1.165) is 49.5 Å². The Kier molecular flexibility index (Phi) is 11.2. The van der Waals surface area contributed by atoms with E-state index >= 15 is 0 Å². The lowest BCUT2D eigenvalue weighted by Crippen LogP contribution is -2.33. The molecule has 0 saturated carbocycles. The minimum absolute atomic E-state index is 0.0428. The second-order valence-corrected chi connectivity index (χ2v) is 12.5. The lowest BCUT2D eigenvalue weighted by molar-refractivity contribution is 0.0277. The van der Waals surface area contributed by atoms with Gasteiger partial charge in [-0.05, 0) is 78.5 Å². The summed E-state index contributed by atoms with van der Waals surface area (Å²) in [5, 5.41) is 29.2. The van der Waals surface area contributed by atoms with E-state index in [1.165, 1.54) is 27.6 Å². The zero-order valence-electron chi connectivity index (χ0n) is 29.2. The lowest BCUT2D eigenvalue weighted by atomic mass is 9.98. The van der Waals surface area contributed by atoms with E-state index in [1.54, 1.807) is 13.2 Å². The van der Waals surface area contributed by atoms with Gasteiger partial charge in [0.05, 0.1) is 43.6 Å². The predicted octanol–water partition coefficient (Wildman–Crippen LogP) is 4.79. The molecule has 53 heavy (non-hydrogen) atoms. The highest BCUT2D eigenvalue weighted by Gasteiger charge is 2.18. The fourth-order valence-corrected chi connectivity index (χ4v) is 6.01. The van der Waals surface area contributed by atoms with Crippen LogP contribution in [0, 0.1) is 0 Å². The number of amides is 2. The van der Waals surface area contributed by atoms with Crippen LogP contribution in [0.5, 0.6) is 5.75 Å². The molecule has 0 bridgehead atoms. The Morgan fingerprint density at radius 2 is 1.32 bits per heavy atom. The second kappa shape index (κ2) is 16.9. The first kappa shape index (κ1) is 35.2. The van der Waals surface area contributed by atoms with Gasteiger partial charge in [-0.2, -0.15) is 19.8 Å². The monoisotopic (exact) mass is 712 g/mol. The van der Waals surface area contributed by atoms with Gasteiger partial charge in [0, 0.05) is 37.1 Å². The van der Waals surface area contributed by atoms with Crippen LogP contribution in [-0.2, 0) is 4.74 Å². The Morgan fingerprint density at radius 1 is 0.717 bits per heavy atom. The number of carbonyl (C=O) groups excluding carboxylic acids is 2. The van der Waals surface area contributed by atoms with Gasteiger partial charge in [-0.1, -0.05) is 48.5 Å². The van der Waals surface area contributed by atoms with Crippen molar-refractivity contribution in [2.45, 2.75) is 18.4 Å². The molecule has 2 amide bonds. The maximum Gasteiger partial charge on any atom is 0.277 e. The molecule has 2 fully saturated rings. The van der Waals surface area contributed by atoms with Crippen LogP contribution >= 0.6 is 0 Å². The van der Waals surface area contributed by atoms with Gasteiger partial charge in [0.1, 0.15) is 5.75 Å². The molecule has 0 aliphatic carbocycles. The van der Waals surface area contributed by atoms with Gasteiger partial charge < -0.3 is 30.7 Å². The molecule has 2 aliphatic heterocycles. The zero-order chi connectivity index (χ0) is 36.4. The van der Waals surface area contributed by atoms with E-state index in [4.69, 9.17) is 9.47 Å². The quantitative estimate of drug-likeness (QED) is 0.164. The summed E-state index contributed by atoms with van der Waals surface area (Å²) in [6, 6.07) is 32.5. The molecule has 6 aromatic rings. The SMILES string of the molecule is COc1cccc(-n2ncc(C(=O)Nc3ccc([C@H]4CNCCO4)cc3)n2)c1.O=C(Nc1ccc(C2CCNC2)cc1)c1cnn(-c2ccccc2)n1. The molecule has 2 atom stereocenters. The molecule has 14 nitrogen and oxygen atoms in total. The van der Waals surface area contributed by atoms with E-state index < -0.39 is 0 Å². The summed E-state index contributed by atoms with van der Waals surface area (Å²) < 4.78 is 10.9.